The number of hydrogen-bond donors (Lipinski definition) is 1. The normalized spacial score (nSPS) is 16.1. The molecule has 1 aromatic heterocycles. The van der Waals surface area contributed by atoms with Crippen LogP contribution in [0.15, 0.2) is 52.3 Å². The van der Waals surface area contributed by atoms with Crippen LogP contribution in [0.3, 0.4) is 0 Å². The molecule has 1 fully saturated rings. The highest BCUT2D eigenvalue weighted by Crippen LogP contribution is 2.33. The predicted molar refractivity (Wildman–Crippen MR) is 118 cm³/mol. The summed E-state index contributed by atoms with van der Waals surface area (Å²) in [6.07, 6.45) is 2.83. The van der Waals surface area contributed by atoms with Crippen LogP contribution in [0, 0.1) is 11.7 Å². The van der Waals surface area contributed by atoms with Crippen molar-refractivity contribution in [3.8, 4) is 0 Å². The van der Waals surface area contributed by atoms with Gasteiger partial charge in [-0.1, -0.05) is 17.4 Å². The molecule has 3 aromatic rings. The molecule has 6 nitrogen and oxygen atoms in total. The van der Waals surface area contributed by atoms with E-state index >= 15 is 0 Å². The maximum Gasteiger partial charge on any atom is 0.243 e. The van der Waals surface area contributed by atoms with Gasteiger partial charge < -0.3 is 5.32 Å². The van der Waals surface area contributed by atoms with E-state index in [1.54, 1.807) is 11.8 Å². The number of benzene rings is 2. The summed E-state index contributed by atoms with van der Waals surface area (Å²) in [6.45, 7) is 0.489. The lowest BCUT2D eigenvalue weighted by molar-refractivity contribution is -0.120. The van der Waals surface area contributed by atoms with Crippen molar-refractivity contribution in [2.24, 2.45) is 5.92 Å². The molecule has 10 heteroatoms. The van der Waals surface area contributed by atoms with Crippen LogP contribution in [0.2, 0.25) is 0 Å². The zero-order chi connectivity index (χ0) is 21.3. The third-order valence-electron chi connectivity index (χ3n) is 5.11. The van der Waals surface area contributed by atoms with Gasteiger partial charge in [0.15, 0.2) is 5.13 Å². The molecule has 1 aliphatic heterocycles. The van der Waals surface area contributed by atoms with Gasteiger partial charge in [0.1, 0.15) is 5.82 Å². The fourth-order valence-electron chi connectivity index (χ4n) is 3.46. The molecule has 0 atom stereocenters. The maximum atomic E-state index is 13.1. The summed E-state index contributed by atoms with van der Waals surface area (Å²) in [7, 11) is -3.69. The lowest BCUT2D eigenvalue weighted by atomic mass is 9.97. The monoisotopic (exact) mass is 465 g/mol. The number of nitrogens with zero attached hydrogens (tertiary/aromatic N) is 2. The van der Waals surface area contributed by atoms with Crippen LogP contribution in [0.5, 0.6) is 0 Å². The molecule has 4 rings (SSSR count). The van der Waals surface area contributed by atoms with Crippen LogP contribution in [0.25, 0.3) is 10.2 Å². The van der Waals surface area contributed by atoms with E-state index in [1.165, 1.54) is 27.8 Å². The molecule has 158 valence electrons. The Hall–Kier alpha value is -2.01. The Kier molecular flexibility index (Phi) is 6.10. The van der Waals surface area contributed by atoms with Crippen molar-refractivity contribution in [2.75, 3.05) is 24.7 Å². The van der Waals surface area contributed by atoms with E-state index in [-0.39, 0.29) is 29.8 Å². The lowest BCUT2D eigenvalue weighted by Crippen LogP contribution is -2.41. The van der Waals surface area contributed by atoms with Crippen LogP contribution in [0.1, 0.15) is 12.8 Å². The number of nitrogens with one attached hydrogen (secondary N) is 1. The van der Waals surface area contributed by atoms with Crippen molar-refractivity contribution < 1.29 is 17.6 Å². The maximum absolute atomic E-state index is 13.1. The molecule has 1 N–H and O–H groups in total. The van der Waals surface area contributed by atoms with Crippen molar-refractivity contribution in [1.29, 1.82) is 0 Å². The van der Waals surface area contributed by atoms with Gasteiger partial charge in [0, 0.05) is 23.9 Å². The molecule has 0 saturated carbocycles. The number of para-hydroxylation sites is 1. The summed E-state index contributed by atoms with van der Waals surface area (Å²) in [5.41, 5.74) is 0.880. The van der Waals surface area contributed by atoms with Gasteiger partial charge in [-0.2, -0.15) is 4.31 Å². The first-order valence-corrected chi connectivity index (χ1v) is 12.9. The Balaban J connectivity index is 1.40. The highest BCUT2D eigenvalue weighted by molar-refractivity contribution is 7.98. The fraction of sp³-hybridized carbons (Fsp3) is 0.300. The van der Waals surface area contributed by atoms with Crippen LogP contribution in [0.4, 0.5) is 9.52 Å². The van der Waals surface area contributed by atoms with E-state index in [4.69, 9.17) is 0 Å². The number of amides is 1. The SMILES string of the molecule is CSc1cccc2sc(NC(=O)C3CCN(S(=O)(=O)c4ccc(F)cc4)CC3)nc12. The Labute approximate surface area is 182 Å². The molecule has 0 radical (unpaired) electrons. The van der Waals surface area contributed by atoms with Crippen molar-refractivity contribution in [3.63, 3.8) is 0 Å². The number of thiazole rings is 1. The van der Waals surface area contributed by atoms with E-state index in [1.807, 2.05) is 24.5 Å². The Morgan fingerprint density at radius 1 is 1.20 bits per heavy atom. The number of anilines is 1. The second-order valence-corrected chi connectivity index (χ2v) is 10.8. The topological polar surface area (TPSA) is 79.4 Å². The van der Waals surface area contributed by atoms with Crippen molar-refractivity contribution in [2.45, 2.75) is 22.6 Å². The smallest absolute Gasteiger partial charge is 0.243 e. The molecule has 2 aromatic carbocycles. The number of carbonyl (C=O) groups is 1. The minimum Gasteiger partial charge on any atom is -0.302 e. The highest BCUT2D eigenvalue weighted by Gasteiger charge is 2.32. The largest absolute Gasteiger partial charge is 0.302 e. The van der Waals surface area contributed by atoms with Gasteiger partial charge in [-0.25, -0.2) is 17.8 Å². The van der Waals surface area contributed by atoms with Crippen LogP contribution < -0.4 is 5.32 Å². The molecule has 0 aliphatic carbocycles. The van der Waals surface area contributed by atoms with Crippen molar-refractivity contribution >= 4 is 54.4 Å². The number of piperidine rings is 1. The first kappa shape index (κ1) is 21.2. The highest BCUT2D eigenvalue weighted by atomic mass is 32.2. The minimum atomic E-state index is -3.69. The van der Waals surface area contributed by atoms with E-state index in [9.17, 15) is 17.6 Å². The van der Waals surface area contributed by atoms with Gasteiger partial charge in [-0.15, -0.1) is 11.8 Å². The first-order valence-electron chi connectivity index (χ1n) is 9.38. The summed E-state index contributed by atoms with van der Waals surface area (Å²) in [4.78, 5) is 18.4. The van der Waals surface area contributed by atoms with Crippen LogP contribution in [-0.2, 0) is 14.8 Å². The molecular formula is C20H20FN3O3S3. The van der Waals surface area contributed by atoms with Gasteiger partial charge >= 0.3 is 0 Å². The van der Waals surface area contributed by atoms with Gasteiger partial charge in [-0.05, 0) is 55.5 Å². The van der Waals surface area contributed by atoms with Crippen LogP contribution in [-0.4, -0.2) is 43.0 Å². The number of sulfonamides is 1. The molecule has 30 heavy (non-hydrogen) atoms. The standard InChI is InChI=1S/C20H20FN3O3S3/c1-28-16-3-2-4-17-18(16)22-20(29-17)23-19(25)13-9-11-24(12-10-13)30(26,27)15-7-5-14(21)6-8-15/h2-8,13H,9-12H2,1H3,(H,22,23,25). The second-order valence-electron chi connectivity index (χ2n) is 6.95. The van der Waals surface area contributed by atoms with Gasteiger partial charge in [-0.3, -0.25) is 4.79 Å². The van der Waals surface area contributed by atoms with E-state index < -0.39 is 15.8 Å². The number of halogens is 1. The lowest BCUT2D eigenvalue weighted by Gasteiger charge is -2.30. The summed E-state index contributed by atoms with van der Waals surface area (Å²) in [6, 6.07) is 10.7. The summed E-state index contributed by atoms with van der Waals surface area (Å²) in [5.74, 6) is -0.904. The number of rotatable bonds is 5. The first-order chi connectivity index (χ1) is 14.4. The zero-order valence-corrected chi connectivity index (χ0v) is 18.6. The molecule has 1 saturated heterocycles. The van der Waals surface area contributed by atoms with E-state index in [0.29, 0.717) is 18.0 Å². The minimum absolute atomic E-state index is 0.0610. The summed E-state index contributed by atoms with van der Waals surface area (Å²) in [5, 5.41) is 3.45. The van der Waals surface area contributed by atoms with Crippen molar-refractivity contribution in [3.05, 3.63) is 48.3 Å². The molecule has 1 aliphatic rings. The third-order valence-corrected chi connectivity index (χ3v) is 8.73. The quantitative estimate of drug-likeness (QED) is 0.572. The molecular weight excluding hydrogens is 445 g/mol. The molecule has 0 unspecified atom stereocenters. The Morgan fingerprint density at radius 3 is 2.57 bits per heavy atom. The Bertz CT molecular complexity index is 1170. The average Bonchev–Trinajstić information content (AvgIpc) is 3.16. The van der Waals surface area contributed by atoms with Gasteiger partial charge in [0.05, 0.1) is 15.1 Å². The number of aromatic nitrogens is 1. The second kappa shape index (κ2) is 8.62. The molecule has 0 spiro atoms. The number of hydrogen-bond acceptors (Lipinski definition) is 6. The fourth-order valence-corrected chi connectivity index (χ4v) is 6.46. The number of carbonyl (C=O) groups excluding carboxylic acids is 1. The van der Waals surface area contributed by atoms with E-state index in [2.05, 4.69) is 10.3 Å². The Morgan fingerprint density at radius 2 is 1.90 bits per heavy atom. The molecule has 0 bridgehead atoms. The van der Waals surface area contributed by atoms with Crippen LogP contribution >= 0.6 is 23.1 Å². The van der Waals surface area contributed by atoms with Gasteiger partial charge in [0.25, 0.3) is 0 Å². The van der Waals surface area contributed by atoms with E-state index in [0.717, 1.165) is 27.2 Å². The zero-order valence-electron chi connectivity index (χ0n) is 16.2. The molecule has 1 amide bonds. The van der Waals surface area contributed by atoms with Gasteiger partial charge in [0.2, 0.25) is 15.9 Å². The third kappa shape index (κ3) is 4.22. The predicted octanol–water partition coefficient (Wildman–Crippen LogP) is 4.20. The number of fused-ring (bicyclic) bond motifs is 1. The number of thioether (sulfide) groups is 1. The van der Waals surface area contributed by atoms with Crippen molar-refractivity contribution in [1.82, 2.24) is 9.29 Å². The summed E-state index contributed by atoms with van der Waals surface area (Å²) < 4.78 is 40.9. The average molecular weight is 466 g/mol. The molecule has 2 heterocycles. The summed E-state index contributed by atoms with van der Waals surface area (Å²) >= 11 is 3.04.